The number of amides is 1. The summed E-state index contributed by atoms with van der Waals surface area (Å²) < 4.78 is 0. The summed E-state index contributed by atoms with van der Waals surface area (Å²) in [6.07, 6.45) is 1.36. The molecule has 1 rings (SSSR count). The van der Waals surface area contributed by atoms with Crippen molar-refractivity contribution in [3.8, 4) is 0 Å². The van der Waals surface area contributed by atoms with Gasteiger partial charge < -0.3 is 10.8 Å². The van der Waals surface area contributed by atoms with Gasteiger partial charge in [0.2, 0.25) is 0 Å². The number of aliphatic carboxylic acids is 1. The van der Waals surface area contributed by atoms with Crippen molar-refractivity contribution in [3.63, 3.8) is 0 Å². The molecule has 7 nitrogen and oxygen atoms in total. The molecule has 0 aliphatic heterocycles. The maximum absolute atomic E-state index is 11.1. The van der Waals surface area contributed by atoms with Crippen molar-refractivity contribution in [2.24, 2.45) is 5.92 Å². The van der Waals surface area contributed by atoms with Crippen LogP contribution in [0.5, 0.6) is 0 Å². The number of carbonyl (C=O) groups excluding carboxylic acids is 1. The van der Waals surface area contributed by atoms with E-state index in [0.717, 1.165) is 0 Å². The zero-order valence-corrected chi connectivity index (χ0v) is 8.25. The van der Waals surface area contributed by atoms with Crippen LogP contribution in [-0.2, 0) is 16.0 Å². The molecule has 0 bridgehead atoms. The Morgan fingerprint density at radius 2 is 2.25 bits per heavy atom. The molecule has 1 aromatic rings. The molecular formula is C9H11N3O4. The second-order valence-electron chi connectivity index (χ2n) is 3.16. The number of nitrogens with one attached hydrogen (secondary N) is 1. The van der Waals surface area contributed by atoms with Gasteiger partial charge in [0.15, 0.2) is 0 Å². The van der Waals surface area contributed by atoms with Crippen LogP contribution in [0.1, 0.15) is 5.56 Å². The predicted octanol–water partition coefficient (Wildman–Crippen LogP) is -0.587. The first-order chi connectivity index (χ1) is 7.54. The van der Waals surface area contributed by atoms with E-state index >= 15 is 0 Å². The van der Waals surface area contributed by atoms with Crippen LogP contribution in [-0.4, -0.2) is 27.2 Å². The third kappa shape index (κ3) is 2.92. The third-order valence-electron chi connectivity index (χ3n) is 2.01. The monoisotopic (exact) mass is 225 g/mol. The van der Waals surface area contributed by atoms with Crippen molar-refractivity contribution < 1.29 is 19.9 Å². The highest BCUT2D eigenvalue weighted by Crippen LogP contribution is 2.11. The summed E-state index contributed by atoms with van der Waals surface area (Å²) in [5.41, 5.74) is 7.28. The van der Waals surface area contributed by atoms with E-state index in [0.29, 0.717) is 5.56 Å². The summed E-state index contributed by atoms with van der Waals surface area (Å²) in [5.74, 6) is -3.40. The molecule has 0 saturated carbocycles. The van der Waals surface area contributed by atoms with Gasteiger partial charge in [0.05, 0.1) is 0 Å². The predicted molar refractivity (Wildman–Crippen MR) is 53.4 cm³/mol. The number of carbonyl (C=O) groups is 2. The van der Waals surface area contributed by atoms with Gasteiger partial charge in [-0.3, -0.25) is 14.8 Å². The average molecular weight is 225 g/mol. The van der Waals surface area contributed by atoms with E-state index in [1.807, 2.05) is 0 Å². The van der Waals surface area contributed by atoms with Crippen molar-refractivity contribution in [1.82, 2.24) is 10.5 Å². The fraction of sp³-hybridized carbons (Fsp3) is 0.222. The average Bonchev–Trinajstić information content (AvgIpc) is 2.24. The molecular weight excluding hydrogens is 214 g/mol. The number of nitrogen functional groups attached to an aromatic ring is 1. The lowest BCUT2D eigenvalue weighted by Gasteiger charge is -2.09. The molecule has 1 atom stereocenters. The van der Waals surface area contributed by atoms with Gasteiger partial charge in [0, 0.05) is 6.20 Å². The zero-order chi connectivity index (χ0) is 12.1. The molecule has 7 heteroatoms. The number of pyridine rings is 1. The van der Waals surface area contributed by atoms with E-state index < -0.39 is 17.8 Å². The third-order valence-corrected chi connectivity index (χ3v) is 2.01. The molecule has 0 aliphatic rings. The number of anilines is 1. The summed E-state index contributed by atoms with van der Waals surface area (Å²) in [4.78, 5) is 25.6. The fourth-order valence-electron chi connectivity index (χ4n) is 1.23. The van der Waals surface area contributed by atoms with Crippen LogP contribution in [0.15, 0.2) is 18.3 Å². The smallest absolute Gasteiger partial charge is 0.316 e. The largest absolute Gasteiger partial charge is 0.481 e. The second kappa shape index (κ2) is 5.08. The summed E-state index contributed by atoms with van der Waals surface area (Å²) in [6, 6.07) is 3.03. The van der Waals surface area contributed by atoms with E-state index in [9.17, 15) is 9.59 Å². The van der Waals surface area contributed by atoms with Crippen LogP contribution in [0, 0.1) is 5.92 Å². The minimum absolute atomic E-state index is 0.0611. The molecule has 0 radical (unpaired) electrons. The Labute approximate surface area is 90.9 Å². The van der Waals surface area contributed by atoms with Crippen LogP contribution in [0.2, 0.25) is 0 Å². The fourth-order valence-corrected chi connectivity index (χ4v) is 1.23. The van der Waals surface area contributed by atoms with Crippen LogP contribution >= 0.6 is 0 Å². The Morgan fingerprint density at radius 1 is 1.56 bits per heavy atom. The first-order valence-corrected chi connectivity index (χ1v) is 4.41. The van der Waals surface area contributed by atoms with Gasteiger partial charge in [0.25, 0.3) is 5.91 Å². The van der Waals surface area contributed by atoms with Crippen LogP contribution in [0.3, 0.4) is 0 Å². The van der Waals surface area contributed by atoms with E-state index in [1.54, 1.807) is 6.07 Å². The molecule has 0 saturated heterocycles. The SMILES string of the molecule is Nc1cc(CC(C(=O)O)C(=O)NO)ccn1. The van der Waals surface area contributed by atoms with Crippen LogP contribution in [0.4, 0.5) is 5.82 Å². The second-order valence-corrected chi connectivity index (χ2v) is 3.16. The standard InChI is InChI=1S/C9H11N3O4/c10-7-4-5(1-2-11-7)3-6(9(14)15)8(13)12-16/h1-2,4,6,16H,3H2,(H2,10,11)(H,12,13)(H,14,15). The first-order valence-electron chi connectivity index (χ1n) is 4.41. The maximum Gasteiger partial charge on any atom is 0.316 e. The number of carboxylic acid groups (broad SMARTS) is 1. The van der Waals surface area contributed by atoms with E-state index in [4.69, 9.17) is 16.0 Å². The Balaban J connectivity index is 2.84. The lowest BCUT2D eigenvalue weighted by atomic mass is 9.99. The number of hydrogen-bond acceptors (Lipinski definition) is 5. The molecule has 1 unspecified atom stereocenters. The molecule has 16 heavy (non-hydrogen) atoms. The molecule has 0 fully saturated rings. The topological polar surface area (TPSA) is 126 Å². The quantitative estimate of drug-likeness (QED) is 0.308. The van der Waals surface area contributed by atoms with Gasteiger partial charge in [-0.15, -0.1) is 0 Å². The number of aromatic nitrogens is 1. The van der Waals surface area contributed by atoms with Gasteiger partial charge in [0.1, 0.15) is 11.7 Å². The number of carboxylic acids is 1. The normalized spacial score (nSPS) is 11.8. The Morgan fingerprint density at radius 3 is 2.75 bits per heavy atom. The lowest BCUT2D eigenvalue weighted by molar-refractivity contribution is -0.150. The van der Waals surface area contributed by atoms with Crippen molar-refractivity contribution >= 4 is 17.7 Å². The number of nitrogens with two attached hydrogens (primary N) is 1. The zero-order valence-electron chi connectivity index (χ0n) is 8.25. The number of hydrogen-bond donors (Lipinski definition) is 4. The molecule has 1 amide bonds. The molecule has 0 aromatic carbocycles. The minimum atomic E-state index is -1.35. The number of hydroxylamine groups is 1. The van der Waals surface area contributed by atoms with Crippen molar-refractivity contribution in [3.05, 3.63) is 23.9 Å². The molecule has 86 valence electrons. The number of rotatable bonds is 4. The van der Waals surface area contributed by atoms with E-state index in [1.165, 1.54) is 17.7 Å². The Hall–Kier alpha value is -2.15. The molecule has 1 heterocycles. The van der Waals surface area contributed by atoms with Gasteiger partial charge in [-0.05, 0) is 24.1 Å². The Bertz CT molecular complexity index is 407. The minimum Gasteiger partial charge on any atom is -0.481 e. The summed E-state index contributed by atoms with van der Waals surface area (Å²) >= 11 is 0. The van der Waals surface area contributed by atoms with Crippen LogP contribution < -0.4 is 11.2 Å². The maximum atomic E-state index is 11.1. The lowest BCUT2D eigenvalue weighted by Crippen LogP contribution is -2.34. The van der Waals surface area contributed by atoms with E-state index in [2.05, 4.69) is 4.98 Å². The van der Waals surface area contributed by atoms with Gasteiger partial charge >= 0.3 is 5.97 Å². The summed E-state index contributed by atoms with van der Waals surface area (Å²) in [6.45, 7) is 0. The highest BCUT2D eigenvalue weighted by Gasteiger charge is 2.26. The number of nitrogens with zero attached hydrogens (tertiary/aromatic N) is 1. The highest BCUT2D eigenvalue weighted by molar-refractivity contribution is 5.96. The van der Waals surface area contributed by atoms with Crippen LogP contribution in [0.25, 0.3) is 0 Å². The highest BCUT2D eigenvalue weighted by atomic mass is 16.5. The van der Waals surface area contributed by atoms with Gasteiger partial charge in [-0.1, -0.05) is 0 Å². The summed E-state index contributed by atoms with van der Waals surface area (Å²) in [5, 5.41) is 17.2. The van der Waals surface area contributed by atoms with Crippen molar-refractivity contribution in [2.75, 3.05) is 5.73 Å². The van der Waals surface area contributed by atoms with Gasteiger partial charge in [-0.2, -0.15) is 0 Å². The van der Waals surface area contributed by atoms with Crippen molar-refractivity contribution in [1.29, 1.82) is 0 Å². The molecule has 0 aliphatic carbocycles. The Kier molecular flexibility index (Phi) is 3.78. The first kappa shape index (κ1) is 11.9. The van der Waals surface area contributed by atoms with Gasteiger partial charge in [-0.25, -0.2) is 10.5 Å². The molecule has 5 N–H and O–H groups in total. The molecule has 1 aromatic heterocycles. The molecule has 0 spiro atoms. The van der Waals surface area contributed by atoms with E-state index in [-0.39, 0.29) is 12.2 Å². The summed E-state index contributed by atoms with van der Waals surface area (Å²) in [7, 11) is 0. The van der Waals surface area contributed by atoms with Crippen molar-refractivity contribution in [2.45, 2.75) is 6.42 Å².